The number of hydrogen-bond acceptors (Lipinski definition) is 3. The molecule has 0 bridgehead atoms. The van der Waals surface area contributed by atoms with Gasteiger partial charge in [0.2, 0.25) is 0 Å². The molecule has 0 aromatic rings. The van der Waals surface area contributed by atoms with Gasteiger partial charge in [-0.2, -0.15) is 0 Å². The Morgan fingerprint density at radius 3 is 2.30 bits per heavy atom. The molecular weight excluding hydrogens is 136 g/mol. The van der Waals surface area contributed by atoms with Gasteiger partial charge in [0, 0.05) is 6.61 Å². The summed E-state index contributed by atoms with van der Waals surface area (Å²) in [6.07, 6.45) is 1.03. The summed E-state index contributed by atoms with van der Waals surface area (Å²) in [5.41, 5.74) is 0. The smallest absolute Gasteiger partial charge is 0.290 e. The van der Waals surface area contributed by atoms with E-state index in [1.54, 1.807) is 0 Å². The first-order valence-electron chi connectivity index (χ1n) is 3.09. The van der Waals surface area contributed by atoms with E-state index in [1.165, 1.54) is 0 Å². The van der Waals surface area contributed by atoms with Crippen LogP contribution in [0.25, 0.3) is 0 Å². The number of ether oxygens (including phenoxy) is 1. The van der Waals surface area contributed by atoms with Gasteiger partial charge >= 0.3 is 0 Å². The van der Waals surface area contributed by atoms with Gasteiger partial charge in [0.1, 0.15) is 0 Å². The van der Waals surface area contributed by atoms with E-state index in [4.69, 9.17) is 19.7 Å². The lowest BCUT2D eigenvalue weighted by atomic mass is 10.5. The molecule has 0 saturated carbocycles. The molecule has 0 aliphatic rings. The second kappa shape index (κ2) is 15.8. The van der Waals surface area contributed by atoms with Gasteiger partial charge in [-0.05, 0) is 6.42 Å². The molecule has 10 heavy (non-hydrogen) atoms. The van der Waals surface area contributed by atoms with Crippen LogP contribution in [-0.2, 0) is 9.53 Å². The van der Waals surface area contributed by atoms with E-state index in [2.05, 4.69) is 0 Å². The van der Waals surface area contributed by atoms with Gasteiger partial charge in [-0.1, -0.05) is 6.92 Å². The second-order valence-electron chi connectivity index (χ2n) is 1.44. The first kappa shape index (κ1) is 12.1. The Labute approximate surface area is 60.4 Å². The maximum Gasteiger partial charge on any atom is 0.290 e. The number of aliphatic hydroxyl groups excluding tert-OH is 1. The molecule has 0 radical (unpaired) electrons. The second-order valence-corrected chi connectivity index (χ2v) is 1.44. The van der Waals surface area contributed by atoms with Crippen molar-refractivity contribution in [2.45, 2.75) is 13.3 Å². The average Bonchev–Trinajstić information content (AvgIpc) is 1.91. The summed E-state index contributed by atoms with van der Waals surface area (Å²) in [5.74, 6) is 0. The summed E-state index contributed by atoms with van der Waals surface area (Å²) < 4.78 is 4.88. The van der Waals surface area contributed by atoms with Crippen molar-refractivity contribution in [3.05, 3.63) is 0 Å². The molecule has 2 N–H and O–H groups in total. The van der Waals surface area contributed by atoms with Gasteiger partial charge in [0.25, 0.3) is 6.47 Å². The minimum Gasteiger partial charge on any atom is -0.483 e. The van der Waals surface area contributed by atoms with Gasteiger partial charge in [-0.25, -0.2) is 0 Å². The van der Waals surface area contributed by atoms with Crippen LogP contribution in [0.1, 0.15) is 13.3 Å². The highest BCUT2D eigenvalue weighted by molar-refractivity contribution is 5.32. The summed E-state index contributed by atoms with van der Waals surface area (Å²) in [6.45, 7) is 3.17. The molecule has 0 aromatic carbocycles. The number of hydrogen-bond donors (Lipinski definition) is 2. The van der Waals surface area contributed by atoms with Crippen molar-refractivity contribution in [3.63, 3.8) is 0 Å². The molecule has 0 unspecified atom stereocenters. The van der Waals surface area contributed by atoms with E-state index in [1.807, 2.05) is 6.92 Å². The average molecular weight is 150 g/mol. The molecule has 4 nitrogen and oxygen atoms in total. The predicted molar refractivity (Wildman–Crippen MR) is 36.9 cm³/mol. The number of carbonyl (C=O) groups is 1. The molecule has 0 rings (SSSR count). The van der Waals surface area contributed by atoms with E-state index in [-0.39, 0.29) is 13.1 Å². The molecule has 4 heteroatoms. The van der Waals surface area contributed by atoms with Crippen molar-refractivity contribution < 1.29 is 19.7 Å². The summed E-state index contributed by atoms with van der Waals surface area (Å²) >= 11 is 0. The van der Waals surface area contributed by atoms with Crippen molar-refractivity contribution in [1.82, 2.24) is 0 Å². The van der Waals surface area contributed by atoms with Crippen LogP contribution in [0, 0.1) is 0 Å². The van der Waals surface area contributed by atoms with Crippen LogP contribution in [0.2, 0.25) is 0 Å². The SMILES string of the molecule is CCCOCCO.O=CO. The highest BCUT2D eigenvalue weighted by Gasteiger charge is 1.78. The quantitative estimate of drug-likeness (QED) is 0.441. The fraction of sp³-hybridized carbons (Fsp3) is 0.833. The maximum atomic E-state index is 8.36. The number of aliphatic hydroxyl groups is 1. The molecule has 0 heterocycles. The Bertz CT molecular complexity index is 51.7. The molecular formula is C6H14O4. The molecule has 0 amide bonds. The minimum atomic E-state index is -0.250. The van der Waals surface area contributed by atoms with Gasteiger partial charge in [0.05, 0.1) is 13.2 Å². The van der Waals surface area contributed by atoms with E-state index in [0.29, 0.717) is 6.61 Å². The van der Waals surface area contributed by atoms with E-state index in [0.717, 1.165) is 13.0 Å². The Hall–Kier alpha value is -0.610. The maximum absolute atomic E-state index is 8.36. The Morgan fingerprint density at radius 1 is 1.50 bits per heavy atom. The highest BCUT2D eigenvalue weighted by Crippen LogP contribution is 1.76. The zero-order valence-electron chi connectivity index (χ0n) is 6.12. The zero-order chi connectivity index (χ0) is 8.24. The van der Waals surface area contributed by atoms with Gasteiger partial charge in [-0.15, -0.1) is 0 Å². The van der Waals surface area contributed by atoms with E-state index in [9.17, 15) is 0 Å². The van der Waals surface area contributed by atoms with Gasteiger partial charge in [0.15, 0.2) is 0 Å². The third-order valence-corrected chi connectivity index (χ3v) is 0.584. The fourth-order valence-electron chi connectivity index (χ4n) is 0.311. The third kappa shape index (κ3) is 26.3. The Balaban J connectivity index is 0. The van der Waals surface area contributed by atoms with Crippen LogP contribution in [0.5, 0.6) is 0 Å². The summed E-state index contributed by atoms with van der Waals surface area (Å²) in [6, 6.07) is 0. The molecule has 0 fully saturated rings. The summed E-state index contributed by atoms with van der Waals surface area (Å²) in [4.78, 5) is 8.36. The molecule has 0 aliphatic carbocycles. The minimum absolute atomic E-state index is 0.139. The van der Waals surface area contributed by atoms with Crippen molar-refractivity contribution in [1.29, 1.82) is 0 Å². The molecule has 0 atom stereocenters. The summed E-state index contributed by atoms with van der Waals surface area (Å²) in [5, 5.41) is 15.1. The standard InChI is InChI=1S/C5H12O2.CH2O2/c1-2-4-7-5-3-6;2-1-3/h6H,2-5H2,1H3;1H,(H,2,3). The Kier molecular flexibility index (Phi) is 19.1. The van der Waals surface area contributed by atoms with E-state index >= 15 is 0 Å². The van der Waals surface area contributed by atoms with Crippen molar-refractivity contribution in [2.24, 2.45) is 0 Å². The van der Waals surface area contributed by atoms with Crippen LogP contribution in [0.3, 0.4) is 0 Å². The van der Waals surface area contributed by atoms with Gasteiger partial charge < -0.3 is 14.9 Å². The highest BCUT2D eigenvalue weighted by atomic mass is 16.5. The lowest BCUT2D eigenvalue weighted by Gasteiger charge is -1.94. The fourth-order valence-corrected chi connectivity index (χ4v) is 0.311. The lowest BCUT2D eigenvalue weighted by Crippen LogP contribution is -1.98. The molecule has 0 aromatic heterocycles. The largest absolute Gasteiger partial charge is 0.483 e. The molecule has 0 spiro atoms. The normalized spacial score (nSPS) is 7.80. The first-order chi connectivity index (χ1) is 4.83. The van der Waals surface area contributed by atoms with Crippen LogP contribution in [0.4, 0.5) is 0 Å². The predicted octanol–water partition coefficient (Wildman–Crippen LogP) is 0.106. The monoisotopic (exact) mass is 150 g/mol. The molecule has 62 valence electrons. The molecule has 0 saturated heterocycles. The lowest BCUT2D eigenvalue weighted by molar-refractivity contribution is -0.122. The van der Waals surface area contributed by atoms with Crippen LogP contribution >= 0.6 is 0 Å². The topological polar surface area (TPSA) is 66.8 Å². The van der Waals surface area contributed by atoms with Crippen molar-refractivity contribution in [3.8, 4) is 0 Å². The van der Waals surface area contributed by atoms with Crippen molar-refractivity contribution in [2.75, 3.05) is 19.8 Å². The number of rotatable bonds is 4. The van der Waals surface area contributed by atoms with Gasteiger partial charge in [-0.3, -0.25) is 4.79 Å². The Morgan fingerprint density at radius 2 is 2.00 bits per heavy atom. The van der Waals surface area contributed by atoms with Crippen LogP contribution in [0.15, 0.2) is 0 Å². The van der Waals surface area contributed by atoms with Crippen LogP contribution in [-0.4, -0.2) is 36.5 Å². The first-order valence-corrected chi connectivity index (χ1v) is 3.09. The van der Waals surface area contributed by atoms with Crippen molar-refractivity contribution >= 4 is 6.47 Å². The van der Waals surface area contributed by atoms with Crippen LogP contribution < -0.4 is 0 Å². The summed E-state index contributed by atoms with van der Waals surface area (Å²) in [7, 11) is 0. The van der Waals surface area contributed by atoms with E-state index < -0.39 is 0 Å². The third-order valence-electron chi connectivity index (χ3n) is 0.584. The molecule has 0 aliphatic heterocycles. The number of carboxylic acid groups (broad SMARTS) is 1. The zero-order valence-corrected chi connectivity index (χ0v) is 6.12.